The van der Waals surface area contributed by atoms with Crippen LogP contribution >= 0.6 is 0 Å². The minimum atomic E-state index is 0.590. The minimum Gasteiger partial charge on any atom is -0.380 e. The van der Waals surface area contributed by atoms with Crippen LogP contribution in [0.1, 0.15) is 12.5 Å². The first-order valence-electron chi connectivity index (χ1n) is 5.35. The number of nitrogens with zero attached hydrogens (tertiary/aromatic N) is 1. The highest BCUT2D eigenvalue weighted by molar-refractivity contribution is 5.47. The average molecular weight is 208 g/mol. The molecule has 0 saturated heterocycles. The minimum absolute atomic E-state index is 0.590. The van der Waals surface area contributed by atoms with E-state index in [9.17, 15) is 0 Å². The molecule has 0 spiro atoms. The highest BCUT2D eigenvalue weighted by atomic mass is 16.5. The number of ether oxygens (including phenoxy) is 1. The van der Waals surface area contributed by atoms with Crippen molar-refractivity contribution in [2.24, 2.45) is 5.73 Å². The van der Waals surface area contributed by atoms with Crippen molar-refractivity contribution >= 4 is 5.69 Å². The van der Waals surface area contributed by atoms with E-state index in [0.717, 1.165) is 25.3 Å². The number of nitrogens with two attached hydrogens (primary N) is 1. The zero-order chi connectivity index (χ0) is 11.1. The van der Waals surface area contributed by atoms with E-state index in [4.69, 9.17) is 10.5 Å². The third-order valence-corrected chi connectivity index (χ3v) is 2.36. The Morgan fingerprint density at radius 2 is 2.20 bits per heavy atom. The van der Waals surface area contributed by atoms with E-state index in [0.29, 0.717) is 6.54 Å². The van der Waals surface area contributed by atoms with Crippen molar-refractivity contribution < 1.29 is 4.74 Å². The molecule has 0 atom stereocenters. The van der Waals surface area contributed by atoms with Gasteiger partial charge in [-0.2, -0.15) is 0 Å². The molecule has 1 aromatic rings. The topological polar surface area (TPSA) is 38.5 Å². The van der Waals surface area contributed by atoms with Crippen LogP contribution in [0.3, 0.4) is 0 Å². The molecule has 0 fully saturated rings. The molecule has 0 saturated carbocycles. The Hall–Kier alpha value is -1.06. The van der Waals surface area contributed by atoms with Crippen LogP contribution in [0.4, 0.5) is 5.69 Å². The molecule has 3 heteroatoms. The zero-order valence-corrected chi connectivity index (χ0v) is 9.57. The fourth-order valence-electron chi connectivity index (χ4n) is 1.40. The molecule has 0 heterocycles. The number of benzene rings is 1. The van der Waals surface area contributed by atoms with Crippen LogP contribution in [0.25, 0.3) is 0 Å². The molecular weight excluding hydrogens is 188 g/mol. The highest BCUT2D eigenvalue weighted by Gasteiger charge is 2.00. The molecule has 0 bridgehead atoms. The van der Waals surface area contributed by atoms with E-state index < -0.39 is 0 Å². The fraction of sp³-hybridized carbons (Fsp3) is 0.500. The van der Waals surface area contributed by atoms with Gasteiger partial charge in [-0.25, -0.2) is 0 Å². The highest BCUT2D eigenvalue weighted by Crippen LogP contribution is 2.13. The molecule has 0 aliphatic heterocycles. The third kappa shape index (κ3) is 3.90. The molecule has 0 amide bonds. The second-order valence-electron chi connectivity index (χ2n) is 3.49. The quantitative estimate of drug-likeness (QED) is 0.722. The van der Waals surface area contributed by atoms with Gasteiger partial charge in [-0.15, -0.1) is 0 Å². The van der Waals surface area contributed by atoms with Gasteiger partial charge in [-0.05, 0) is 24.6 Å². The molecule has 0 aliphatic rings. The first kappa shape index (κ1) is 12.0. The van der Waals surface area contributed by atoms with Gasteiger partial charge >= 0.3 is 0 Å². The van der Waals surface area contributed by atoms with Crippen molar-refractivity contribution in [2.45, 2.75) is 13.5 Å². The summed E-state index contributed by atoms with van der Waals surface area (Å²) in [6, 6.07) is 8.28. The lowest BCUT2D eigenvalue weighted by Crippen LogP contribution is -2.22. The Bertz CT molecular complexity index is 289. The van der Waals surface area contributed by atoms with E-state index in [1.807, 2.05) is 19.1 Å². The maximum atomic E-state index is 5.60. The van der Waals surface area contributed by atoms with Gasteiger partial charge in [-0.1, -0.05) is 12.1 Å². The molecule has 1 rings (SSSR count). The lowest BCUT2D eigenvalue weighted by Gasteiger charge is -2.19. The number of anilines is 1. The average Bonchev–Trinajstić information content (AvgIpc) is 2.29. The molecule has 2 N–H and O–H groups in total. The standard InChI is InChI=1S/C12H20N2O/c1-3-15-8-7-14(2)12-6-4-5-11(9-12)10-13/h4-6,9H,3,7-8,10,13H2,1-2H3. The van der Waals surface area contributed by atoms with Gasteiger partial charge in [0.2, 0.25) is 0 Å². The van der Waals surface area contributed by atoms with Gasteiger partial charge in [0, 0.05) is 32.4 Å². The van der Waals surface area contributed by atoms with Crippen LogP contribution in [0.2, 0.25) is 0 Å². The van der Waals surface area contributed by atoms with Gasteiger partial charge in [0.05, 0.1) is 6.61 Å². The molecule has 84 valence electrons. The fourth-order valence-corrected chi connectivity index (χ4v) is 1.40. The largest absolute Gasteiger partial charge is 0.380 e. The summed E-state index contributed by atoms with van der Waals surface area (Å²) in [4.78, 5) is 2.18. The number of rotatable bonds is 6. The van der Waals surface area contributed by atoms with Crippen molar-refractivity contribution in [3.05, 3.63) is 29.8 Å². The second-order valence-corrected chi connectivity index (χ2v) is 3.49. The van der Waals surface area contributed by atoms with Crippen molar-refractivity contribution in [1.29, 1.82) is 0 Å². The summed E-state index contributed by atoms with van der Waals surface area (Å²) in [6.07, 6.45) is 0. The van der Waals surface area contributed by atoms with Crippen LogP contribution < -0.4 is 10.6 Å². The molecule has 0 aromatic heterocycles. The second kappa shape index (κ2) is 6.43. The van der Waals surface area contributed by atoms with Gasteiger partial charge in [0.15, 0.2) is 0 Å². The van der Waals surface area contributed by atoms with Crippen LogP contribution in [-0.4, -0.2) is 26.8 Å². The maximum absolute atomic E-state index is 5.60. The maximum Gasteiger partial charge on any atom is 0.0641 e. The van der Waals surface area contributed by atoms with Crippen LogP contribution in [0.15, 0.2) is 24.3 Å². The molecule has 15 heavy (non-hydrogen) atoms. The lowest BCUT2D eigenvalue weighted by atomic mass is 10.2. The van der Waals surface area contributed by atoms with Crippen molar-refractivity contribution in [3.63, 3.8) is 0 Å². The summed E-state index contributed by atoms with van der Waals surface area (Å²) in [5.74, 6) is 0. The monoisotopic (exact) mass is 208 g/mol. The summed E-state index contributed by atoms with van der Waals surface area (Å²) < 4.78 is 5.32. The van der Waals surface area contributed by atoms with Gasteiger partial charge in [0.1, 0.15) is 0 Å². The van der Waals surface area contributed by atoms with E-state index in [1.54, 1.807) is 0 Å². The van der Waals surface area contributed by atoms with Gasteiger partial charge < -0.3 is 15.4 Å². The SMILES string of the molecule is CCOCCN(C)c1cccc(CN)c1. The molecule has 1 aromatic carbocycles. The lowest BCUT2D eigenvalue weighted by molar-refractivity contribution is 0.154. The van der Waals surface area contributed by atoms with Gasteiger partial charge in [-0.3, -0.25) is 0 Å². The van der Waals surface area contributed by atoms with Crippen molar-refractivity contribution in [2.75, 3.05) is 31.7 Å². The van der Waals surface area contributed by atoms with E-state index >= 15 is 0 Å². The smallest absolute Gasteiger partial charge is 0.0641 e. The van der Waals surface area contributed by atoms with Crippen molar-refractivity contribution in [1.82, 2.24) is 0 Å². The first-order valence-corrected chi connectivity index (χ1v) is 5.35. The van der Waals surface area contributed by atoms with E-state index in [1.165, 1.54) is 5.69 Å². The number of hydrogen-bond donors (Lipinski definition) is 1. The Kier molecular flexibility index (Phi) is 5.15. The van der Waals surface area contributed by atoms with Crippen LogP contribution in [0, 0.1) is 0 Å². The van der Waals surface area contributed by atoms with Gasteiger partial charge in [0.25, 0.3) is 0 Å². The number of likely N-dealkylation sites (N-methyl/N-ethyl adjacent to an activating group) is 1. The molecule has 0 unspecified atom stereocenters. The molecule has 3 nitrogen and oxygen atoms in total. The van der Waals surface area contributed by atoms with E-state index in [-0.39, 0.29) is 0 Å². The summed E-state index contributed by atoms with van der Waals surface area (Å²) in [7, 11) is 2.06. The summed E-state index contributed by atoms with van der Waals surface area (Å²) in [5, 5.41) is 0. The van der Waals surface area contributed by atoms with Crippen LogP contribution in [-0.2, 0) is 11.3 Å². The van der Waals surface area contributed by atoms with E-state index in [2.05, 4.69) is 24.1 Å². The predicted octanol–water partition coefficient (Wildman–Crippen LogP) is 1.62. The van der Waals surface area contributed by atoms with Crippen LogP contribution in [0.5, 0.6) is 0 Å². The number of hydrogen-bond acceptors (Lipinski definition) is 3. The summed E-state index contributed by atoms with van der Waals surface area (Å²) >= 11 is 0. The zero-order valence-electron chi connectivity index (χ0n) is 9.57. The third-order valence-electron chi connectivity index (χ3n) is 2.36. The summed E-state index contributed by atoms with van der Waals surface area (Å²) in [5.41, 5.74) is 7.95. The summed E-state index contributed by atoms with van der Waals surface area (Å²) in [6.45, 7) is 5.04. The predicted molar refractivity (Wildman–Crippen MR) is 64.1 cm³/mol. The normalized spacial score (nSPS) is 10.3. The molecule has 0 aliphatic carbocycles. The van der Waals surface area contributed by atoms with Crippen molar-refractivity contribution in [3.8, 4) is 0 Å². The molecule has 0 radical (unpaired) electrons. The Balaban J connectivity index is 2.52. The first-order chi connectivity index (χ1) is 7.27. The Labute approximate surface area is 91.8 Å². The molecular formula is C12H20N2O. The Morgan fingerprint density at radius 1 is 1.40 bits per heavy atom. The Morgan fingerprint density at radius 3 is 2.87 bits per heavy atom.